The highest BCUT2D eigenvalue weighted by molar-refractivity contribution is 6.30. The summed E-state index contributed by atoms with van der Waals surface area (Å²) in [4.78, 5) is 3.54. The summed E-state index contributed by atoms with van der Waals surface area (Å²) in [6.07, 6.45) is 0. The number of nitrogens with zero attached hydrogens (tertiary/aromatic N) is 1. The average Bonchev–Trinajstić information content (AvgIpc) is 1.80. The molecule has 0 aromatic carbocycles. The molecule has 9 heavy (non-hydrogen) atoms. The van der Waals surface area contributed by atoms with Crippen LogP contribution in [0, 0.1) is 13.0 Å². The Morgan fingerprint density at radius 3 is 2.89 bits per heavy atom. The second-order valence-corrected chi connectivity index (χ2v) is 2.06. The fourth-order valence-corrected chi connectivity index (χ4v) is 0.580. The molecule has 1 radical (unpaired) electrons. The lowest BCUT2D eigenvalue weighted by molar-refractivity contribution is 0.452. The first-order chi connectivity index (χ1) is 4.20. The Bertz CT molecular complexity index is 224. The molecule has 0 aliphatic heterocycles. The molecule has 1 N–H and O–H groups in total. The van der Waals surface area contributed by atoms with Gasteiger partial charge in [-0.25, -0.2) is 4.98 Å². The summed E-state index contributed by atoms with van der Waals surface area (Å²) in [6.45, 7) is 1.80. The SMILES string of the molecule is Cc1c[c]c(O)nc1Cl. The molecule has 0 fully saturated rings. The van der Waals surface area contributed by atoms with E-state index in [1.165, 1.54) is 0 Å². The van der Waals surface area contributed by atoms with Gasteiger partial charge in [0.1, 0.15) is 5.15 Å². The summed E-state index contributed by atoms with van der Waals surface area (Å²) in [6, 6.07) is 4.09. The molecule has 0 spiro atoms. The van der Waals surface area contributed by atoms with Crippen LogP contribution in [0.3, 0.4) is 0 Å². The quantitative estimate of drug-likeness (QED) is 0.558. The van der Waals surface area contributed by atoms with Gasteiger partial charge in [0, 0.05) is 6.07 Å². The molecule has 0 aliphatic carbocycles. The maximum absolute atomic E-state index is 8.69. The topological polar surface area (TPSA) is 33.1 Å². The van der Waals surface area contributed by atoms with Gasteiger partial charge in [-0.3, -0.25) is 0 Å². The van der Waals surface area contributed by atoms with E-state index in [0.717, 1.165) is 5.56 Å². The van der Waals surface area contributed by atoms with Gasteiger partial charge in [-0.2, -0.15) is 0 Å². The fourth-order valence-electron chi connectivity index (χ4n) is 0.446. The summed E-state index contributed by atoms with van der Waals surface area (Å²) in [5, 5.41) is 9.01. The average molecular weight is 143 g/mol. The number of halogens is 1. The molecule has 0 atom stereocenters. The van der Waals surface area contributed by atoms with E-state index in [-0.39, 0.29) is 5.88 Å². The number of aromatic hydroxyl groups is 1. The van der Waals surface area contributed by atoms with E-state index >= 15 is 0 Å². The third kappa shape index (κ3) is 1.33. The van der Waals surface area contributed by atoms with Gasteiger partial charge in [-0.15, -0.1) is 0 Å². The monoisotopic (exact) mass is 142 g/mol. The molecule has 0 unspecified atom stereocenters. The molecule has 0 saturated heterocycles. The minimum atomic E-state index is -0.161. The van der Waals surface area contributed by atoms with Crippen LogP contribution in [0.2, 0.25) is 5.15 Å². The first kappa shape index (κ1) is 6.36. The number of aromatic nitrogens is 1. The molecule has 0 saturated carbocycles. The smallest absolute Gasteiger partial charge is 0.220 e. The lowest BCUT2D eigenvalue weighted by Crippen LogP contribution is -1.79. The second-order valence-electron chi connectivity index (χ2n) is 1.70. The predicted octanol–water partition coefficient (Wildman–Crippen LogP) is 1.55. The zero-order valence-electron chi connectivity index (χ0n) is 4.85. The standard InChI is InChI=1S/C6H5ClNO/c1-4-2-3-5(9)8-6(4)7/h2H,1H3,(H,8,9). The lowest BCUT2D eigenvalue weighted by atomic mass is 10.3. The number of pyridine rings is 1. The molecular formula is C6H5ClNO. The van der Waals surface area contributed by atoms with Crippen molar-refractivity contribution in [1.29, 1.82) is 0 Å². The van der Waals surface area contributed by atoms with Gasteiger partial charge in [0.15, 0.2) is 0 Å². The van der Waals surface area contributed by atoms with E-state index in [4.69, 9.17) is 16.7 Å². The van der Waals surface area contributed by atoms with Gasteiger partial charge >= 0.3 is 0 Å². The summed E-state index contributed by atoms with van der Waals surface area (Å²) in [5.41, 5.74) is 0.814. The maximum Gasteiger partial charge on any atom is 0.220 e. The van der Waals surface area contributed by atoms with Gasteiger partial charge in [0.05, 0.1) is 0 Å². The minimum absolute atomic E-state index is 0.161. The number of rotatable bonds is 0. The van der Waals surface area contributed by atoms with E-state index < -0.39 is 0 Å². The van der Waals surface area contributed by atoms with Crippen molar-refractivity contribution in [2.24, 2.45) is 0 Å². The Hall–Kier alpha value is -0.760. The van der Waals surface area contributed by atoms with Crippen LogP contribution < -0.4 is 0 Å². The maximum atomic E-state index is 8.69. The molecule has 0 bridgehead atoms. The Balaban J connectivity index is 3.17. The third-order valence-electron chi connectivity index (χ3n) is 0.947. The minimum Gasteiger partial charge on any atom is -0.493 e. The van der Waals surface area contributed by atoms with Gasteiger partial charge in [-0.1, -0.05) is 11.6 Å². The number of aryl methyl sites for hydroxylation is 1. The van der Waals surface area contributed by atoms with Crippen LogP contribution in [0.15, 0.2) is 6.07 Å². The Morgan fingerprint density at radius 2 is 2.44 bits per heavy atom. The Kier molecular flexibility index (Phi) is 1.58. The molecule has 1 rings (SSSR count). The first-order valence-corrected chi connectivity index (χ1v) is 2.82. The first-order valence-electron chi connectivity index (χ1n) is 2.44. The van der Waals surface area contributed by atoms with Crippen molar-refractivity contribution in [3.63, 3.8) is 0 Å². The lowest BCUT2D eigenvalue weighted by Gasteiger charge is -1.93. The van der Waals surface area contributed by atoms with Gasteiger partial charge in [0.2, 0.25) is 5.88 Å². The predicted molar refractivity (Wildman–Crippen MR) is 34.5 cm³/mol. The summed E-state index contributed by atoms with van der Waals surface area (Å²) < 4.78 is 0. The normalized spacial score (nSPS) is 9.56. The third-order valence-corrected chi connectivity index (χ3v) is 1.33. The zero-order valence-corrected chi connectivity index (χ0v) is 5.61. The number of hydrogen-bond donors (Lipinski definition) is 1. The van der Waals surface area contributed by atoms with Crippen molar-refractivity contribution >= 4 is 11.6 Å². The largest absolute Gasteiger partial charge is 0.493 e. The van der Waals surface area contributed by atoms with E-state index in [1.807, 2.05) is 0 Å². The van der Waals surface area contributed by atoms with Crippen molar-refractivity contribution in [2.45, 2.75) is 6.92 Å². The van der Waals surface area contributed by atoms with Crippen LogP contribution in [-0.4, -0.2) is 10.1 Å². The molecule has 1 heterocycles. The van der Waals surface area contributed by atoms with Crippen LogP contribution in [0.4, 0.5) is 0 Å². The van der Waals surface area contributed by atoms with Crippen molar-refractivity contribution < 1.29 is 5.11 Å². The Morgan fingerprint density at radius 1 is 1.78 bits per heavy atom. The van der Waals surface area contributed by atoms with Gasteiger partial charge < -0.3 is 5.11 Å². The molecule has 2 nitrogen and oxygen atoms in total. The molecule has 47 valence electrons. The fraction of sp³-hybridized carbons (Fsp3) is 0.167. The molecular weight excluding hydrogens is 138 g/mol. The summed E-state index contributed by atoms with van der Waals surface area (Å²) in [5.74, 6) is -0.161. The second kappa shape index (κ2) is 2.23. The zero-order chi connectivity index (χ0) is 6.85. The van der Waals surface area contributed by atoms with Crippen LogP contribution >= 0.6 is 11.6 Å². The Labute approximate surface area is 58.1 Å². The van der Waals surface area contributed by atoms with E-state index in [2.05, 4.69) is 11.1 Å². The van der Waals surface area contributed by atoms with Crippen LogP contribution in [0.1, 0.15) is 5.56 Å². The molecule has 0 aliphatic rings. The summed E-state index contributed by atoms with van der Waals surface area (Å²) >= 11 is 5.52. The van der Waals surface area contributed by atoms with Crippen LogP contribution in [0.5, 0.6) is 5.88 Å². The van der Waals surface area contributed by atoms with Crippen molar-refractivity contribution in [3.05, 3.63) is 22.8 Å². The molecule has 0 amide bonds. The van der Waals surface area contributed by atoms with E-state index in [1.54, 1.807) is 13.0 Å². The van der Waals surface area contributed by atoms with Crippen molar-refractivity contribution in [1.82, 2.24) is 4.98 Å². The highest BCUT2D eigenvalue weighted by Gasteiger charge is 1.95. The van der Waals surface area contributed by atoms with Gasteiger partial charge in [-0.05, 0) is 18.6 Å². The summed E-state index contributed by atoms with van der Waals surface area (Å²) in [7, 11) is 0. The molecule has 3 heteroatoms. The van der Waals surface area contributed by atoms with Crippen LogP contribution in [0.25, 0.3) is 0 Å². The van der Waals surface area contributed by atoms with Gasteiger partial charge in [0.25, 0.3) is 0 Å². The number of hydrogen-bond acceptors (Lipinski definition) is 2. The molecule has 1 aromatic heterocycles. The highest BCUT2D eigenvalue weighted by atomic mass is 35.5. The van der Waals surface area contributed by atoms with Crippen molar-refractivity contribution in [3.8, 4) is 5.88 Å². The van der Waals surface area contributed by atoms with E-state index in [9.17, 15) is 0 Å². The van der Waals surface area contributed by atoms with Crippen molar-refractivity contribution in [2.75, 3.05) is 0 Å². The van der Waals surface area contributed by atoms with Crippen LogP contribution in [-0.2, 0) is 0 Å². The van der Waals surface area contributed by atoms with E-state index in [0.29, 0.717) is 5.15 Å². The highest BCUT2D eigenvalue weighted by Crippen LogP contribution is 2.14. The molecule has 1 aromatic rings.